The van der Waals surface area contributed by atoms with Crippen molar-refractivity contribution < 1.29 is 24.2 Å². The van der Waals surface area contributed by atoms with E-state index in [0.717, 1.165) is 5.56 Å². The summed E-state index contributed by atoms with van der Waals surface area (Å²) in [6, 6.07) is 14.6. The number of carbonyl (C=O) groups is 3. The number of rotatable bonds is 9. The molecule has 0 aromatic heterocycles. The first kappa shape index (κ1) is 20.0. The summed E-state index contributed by atoms with van der Waals surface area (Å²) < 4.78 is 5.39. The van der Waals surface area contributed by atoms with Crippen LogP contribution in [0.2, 0.25) is 0 Å². The van der Waals surface area contributed by atoms with Gasteiger partial charge in [-0.05, 0) is 24.6 Å². The van der Waals surface area contributed by atoms with Gasteiger partial charge in [0.15, 0.2) is 0 Å². The molecule has 27 heavy (non-hydrogen) atoms. The van der Waals surface area contributed by atoms with Gasteiger partial charge in [-0.2, -0.15) is 0 Å². The lowest BCUT2D eigenvalue weighted by Crippen LogP contribution is -2.46. The Balaban J connectivity index is 1.92. The summed E-state index contributed by atoms with van der Waals surface area (Å²) >= 11 is 0. The molecule has 0 unspecified atom stereocenters. The predicted octanol–water partition coefficient (Wildman–Crippen LogP) is 1.63. The van der Waals surface area contributed by atoms with Gasteiger partial charge in [0.2, 0.25) is 5.91 Å². The molecule has 0 bridgehead atoms. The molecule has 142 valence electrons. The maximum atomic E-state index is 12.3. The molecule has 0 aliphatic heterocycles. The van der Waals surface area contributed by atoms with Crippen molar-refractivity contribution >= 4 is 17.8 Å². The Hall–Kier alpha value is -3.35. The molecule has 0 spiro atoms. The molecule has 0 aliphatic carbocycles. The van der Waals surface area contributed by atoms with Crippen LogP contribution in [0.1, 0.15) is 22.8 Å². The largest absolute Gasteiger partial charge is 0.493 e. The first-order valence-corrected chi connectivity index (χ1v) is 8.57. The lowest BCUT2D eigenvalue weighted by molar-refractivity contribution is -0.141. The van der Waals surface area contributed by atoms with Crippen molar-refractivity contribution in [2.45, 2.75) is 19.4 Å². The van der Waals surface area contributed by atoms with Crippen molar-refractivity contribution in [1.82, 2.24) is 10.6 Å². The molecule has 2 aromatic carbocycles. The second-order valence-electron chi connectivity index (χ2n) is 5.76. The number of amides is 2. The Bertz CT molecular complexity index is 792. The van der Waals surface area contributed by atoms with Gasteiger partial charge in [0.25, 0.3) is 5.91 Å². The molecule has 7 nitrogen and oxygen atoms in total. The van der Waals surface area contributed by atoms with Gasteiger partial charge < -0.3 is 20.5 Å². The van der Waals surface area contributed by atoms with E-state index < -0.39 is 23.8 Å². The number of ether oxygens (including phenoxy) is 1. The number of carboxylic acid groups (broad SMARTS) is 1. The first-order chi connectivity index (χ1) is 13.0. The molecule has 0 radical (unpaired) electrons. The average Bonchev–Trinajstić information content (AvgIpc) is 2.67. The minimum absolute atomic E-state index is 0.156. The molecular formula is C20H22N2O5. The number of para-hydroxylation sites is 1. The molecule has 0 aliphatic rings. The van der Waals surface area contributed by atoms with Gasteiger partial charge in [0.1, 0.15) is 11.8 Å². The van der Waals surface area contributed by atoms with E-state index in [1.165, 1.54) is 0 Å². The third kappa shape index (κ3) is 6.14. The fraction of sp³-hybridized carbons (Fsp3) is 0.250. The Morgan fingerprint density at radius 2 is 1.70 bits per heavy atom. The minimum atomic E-state index is -1.14. The lowest BCUT2D eigenvalue weighted by Gasteiger charge is -2.15. The number of hydrogen-bond donors (Lipinski definition) is 3. The summed E-state index contributed by atoms with van der Waals surface area (Å²) in [5.41, 5.74) is 1.10. The maximum Gasteiger partial charge on any atom is 0.326 e. The summed E-state index contributed by atoms with van der Waals surface area (Å²) in [7, 11) is 0. The normalized spacial score (nSPS) is 11.3. The SMILES string of the molecule is CCOc1ccccc1C(=O)NCC(=O)N[C@H](Cc1ccccc1)C(=O)O. The van der Waals surface area contributed by atoms with E-state index in [-0.39, 0.29) is 13.0 Å². The van der Waals surface area contributed by atoms with Crippen molar-refractivity contribution in [2.24, 2.45) is 0 Å². The van der Waals surface area contributed by atoms with Crippen molar-refractivity contribution in [2.75, 3.05) is 13.2 Å². The third-order valence-electron chi connectivity index (χ3n) is 3.76. The third-order valence-corrected chi connectivity index (χ3v) is 3.76. The van der Waals surface area contributed by atoms with E-state index in [1.54, 1.807) is 55.5 Å². The fourth-order valence-corrected chi connectivity index (χ4v) is 2.49. The topological polar surface area (TPSA) is 105 Å². The van der Waals surface area contributed by atoms with Gasteiger partial charge >= 0.3 is 5.97 Å². The van der Waals surface area contributed by atoms with E-state index >= 15 is 0 Å². The van der Waals surface area contributed by atoms with Gasteiger partial charge in [-0.1, -0.05) is 42.5 Å². The molecule has 3 N–H and O–H groups in total. The van der Waals surface area contributed by atoms with E-state index in [0.29, 0.717) is 17.9 Å². The van der Waals surface area contributed by atoms with Crippen LogP contribution in [0.3, 0.4) is 0 Å². The molecule has 2 amide bonds. The van der Waals surface area contributed by atoms with Crippen LogP contribution in [0.5, 0.6) is 5.75 Å². The van der Waals surface area contributed by atoms with Crippen LogP contribution in [0.15, 0.2) is 54.6 Å². The smallest absolute Gasteiger partial charge is 0.326 e. The summed E-state index contributed by atoms with van der Waals surface area (Å²) in [6.07, 6.45) is 0.156. The molecular weight excluding hydrogens is 348 g/mol. The van der Waals surface area contributed by atoms with Gasteiger partial charge in [-0.3, -0.25) is 9.59 Å². The van der Waals surface area contributed by atoms with Crippen LogP contribution in [-0.4, -0.2) is 42.1 Å². The van der Waals surface area contributed by atoms with Crippen molar-refractivity contribution in [1.29, 1.82) is 0 Å². The van der Waals surface area contributed by atoms with Crippen molar-refractivity contribution in [3.05, 3.63) is 65.7 Å². The molecule has 0 saturated carbocycles. The number of carbonyl (C=O) groups excluding carboxylic acids is 2. The number of aliphatic carboxylic acids is 1. The number of nitrogens with one attached hydrogen (secondary N) is 2. The van der Waals surface area contributed by atoms with E-state index in [9.17, 15) is 19.5 Å². The monoisotopic (exact) mass is 370 g/mol. The standard InChI is InChI=1S/C20H22N2O5/c1-2-27-17-11-7-6-10-15(17)19(24)21-13-18(23)22-16(20(25)26)12-14-8-4-3-5-9-14/h3-11,16H,2,12-13H2,1H3,(H,21,24)(H,22,23)(H,25,26)/t16-/m1/s1. The molecule has 7 heteroatoms. The summed E-state index contributed by atoms with van der Waals surface area (Å²) in [4.78, 5) is 35.7. The van der Waals surface area contributed by atoms with E-state index in [4.69, 9.17) is 4.74 Å². The maximum absolute atomic E-state index is 12.3. The van der Waals surface area contributed by atoms with E-state index in [1.807, 2.05) is 6.07 Å². The molecule has 2 rings (SSSR count). The second-order valence-corrected chi connectivity index (χ2v) is 5.76. The highest BCUT2D eigenvalue weighted by Gasteiger charge is 2.21. The van der Waals surface area contributed by atoms with E-state index in [2.05, 4.69) is 10.6 Å². The molecule has 2 aromatic rings. The highest BCUT2D eigenvalue weighted by molar-refractivity contribution is 5.99. The predicted molar refractivity (Wildman–Crippen MR) is 99.7 cm³/mol. The quantitative estimate of drug-likeness (QED) is 0.622. The zero-order chi connectivity index (χ0) is 19.6. The first-order valence-electron chi connectivity index (χ1n) is 8.57. The molecule has 1 atom stereocenters. The van der Waals surface area contributed by atoms with Crippen molar-refractivity contribution in [3.8, 4) is 5.75 Å². The lowest BCUT2D eigenvalue weighted by atomic mass is 10.1. The zero-order valence-electron chi connectivity index (χ0n) is 15.0. The van der Waals surface area contributed by atoms with Crippen LogP contribution in [0, 0.1) is 0 Å². The summed E-state index contributed by atoms with van der Waals surface area (Å²) in [5.74, 6) is -1.77. The fourth-order valence-electron chi connectivity index (χ4n) is 2.49. The van der Waals surface area contributed by atoms with Gasteiger partial charge in [0, 0.05) is 6.42 Å². The highest BCUT2D eigenvalue weighted by atomic mass is 16.5. The molecule has 0 fully saturated rings. The van der Waals surface area contributed by atoms with Gasteiger partial charge in [-0.25, -0.2) is 4.79 Å². The number of hydrogen-bond acceptors (Lipinski definition) is 4. The van der Waals surface area contributed by atoms with Crippen LogP contribution in [-0.2, 0) is 16.0 Å². The van der Waals surface area contributed by atoms with Gasteiger partial charge in [-0.15, -0.1) is 0 Å². The Morgan fingerprint density at radius 3 is 2.37 bits per heavy atom. The summed E-state index contributed by atoms with van der Waals surface area (Å²) in [5, 5.41) is 14.2. The average molecular weight is 370 g/mol. The second kappa shape index (κ2) is 9.96. The highest BCUT2D eigenvalue weighted by Crippen LogP contribution is 2.17. The molecule has 0 saturated heterocycles. The minimum Gasteiger partial charge on any atom is -0.493 e. The number of benzene rings is 2. The summed E-state index contributed by atoms with van der Waals surface area (Å²) in [6.45, 7) is 1.88. The van der Waals surface area contributed by atoms with Crippen LogP contribution >= 0.6 is 0 Å². The zero-order valence-corrected chi connectivity index (χ0v) is 15.0. The van der Waals surface area contributed by atoms with Crippen LogP contribution in [0.4, 0.5) is 0 Å². The molecule has 0 heterocycles. The van der Waals surface area contributed by atoms with Crippen LogP contribution < -0.4 is 15.4 Å². The number of carboxylic acids is 1. The van der Waals surface area contributed by atoms with Gasteiger partial charge in [0.05, 0.1) is 18.7 Å². The Morgan fingerprint density at radius 1 is 1.04 bits per heavy atom. The Kier molecular flexibility index (Phi) is 7.37. The Labute approximate surface area is 157 Å². The van der Waals surface area contributed by atoms with Crippen molar-refractivity contribution in [3.63, 3.8) is 0 Å². The van der Waals surface area contributed by atoms with Crippen LogP contribution in [0.25, 0.3) is 0 Å².